The molecule has 0 fully saturated rings. The minimum Gasteiger partial charge on any atom is -0.467 e. The molecule has 0 radical (unpaired) electrons. The van der Waals surface area contributed by atoms with Crippen molar-refractivity contribution in [1.29, 1.82) is 0 Å². The molecule has 3 aliphatic rings. The monoisotopic (exact) mass is 570 g/mol. The lowest BCUT2D eigenvalue weighted by molar-refractivity contribution is -0.0412. The van der Waals surface area contributed by atoms with E-state index in [1.165, 1.54) is 37.7 Å². The number of hydrogen-bond donors (Lipinski definition) is 0. The van der Waals surface area contributed by atoms with Crippen LogP contribution in [0.15, 0.2) is 168 Å². The van der Waals surface area contributed by atoms with Crippen molar-refractivity contribution in [1.82, 2.24) is 0 Å². The van der Waals surface area contributed by atoms with Crippen molar-refractivity contribution in [3.05, 3.63) is 168 Å². The highest BCUT2D eigenvalue weighted by molar-refractivity contribution is 7.77. The molecule has 0 saturated heterocycles. The number of ether oxygens (including phenoxy) is 2. The van der Waals surface area contributed by atoms with Gasteiger partial charge in [0.15, 0.2) is 6.79 Å². The number of allylic oxidation sites excluding steroid dienone is 4. The second-order valence-corrected chi connectivity index (χ2v) is 14.9. The zero-order valence-corrected chi connectivity index (χ0v) is 24.6. The molecule has 1 aliphatic heterocycles. The molecule has 4 aromatic carbocycles. The molecule has 1 heterocycles. The summed E-state index contributed by atoms with van der Waals surface area (Å²) in [6.07, 6.45) is 11.0. The molecule has 0 amide bonds. The summed E-state index contributed by atoms with van der Waals surface area (Å²) < 4.78 is 12.9. The molecule has 0 saturated carbocycles. The number of hydrogen-bond acceptors (Lipinski definition) is 2. The van der Waals surface area contributed by atoms with Crippen molar-refractivity contribution in [3.63, 3.8) is 0 Å². The van der Waals surface area contributed by atoms with Gasteiger partial charge in [0.1, 0.15) is 5.76 Å². The van der Waals surface area contributed by atoms with Crippen LogP contribution < -0.4 is 21.2 Å². The number of rotatable bonds is 6. The zero-order chi connectivity index (χ0) is 27.4. The second-order valence-electron chi connectivity index (χ2n) is 10.3. The van der Waals surface area contributed by atoms with Crippen LogP contribution in [-0.4, -0.2) is 18.6 Å². The molecule has 202 valence electrons. The summed E-state index contributed by atoms with van der Waals surface area (Å²) in [6, 6.07) is 44.2. The molecule has 2 atom stereocenters. The zero-order valence-electron chi connectivity index (χ0n) is 22.8. The van der Waals surface area contributed by atoms with Crippen LogP contribution in [0.4, 0.5) is 0 Å². The fraction of sp³-hybridized carbons (Fsp3) is 0.135. The van der Waals surface area contributed by atoms with Gasteiger partial charge in [-0.1, -0.05) is 140 Å². The minimum absolute atomic E-state index is 0.0303. The van der Waals surface area contributed by atoms with Crippen LogP contribution in [0.2, 0.25) is 0 Å². The van der Waals surface area contributed by atoms with Gasteiger partial charge >= 0.3 is 0 Å². The van der Waals surface area contributed by atoms with Crippen molar-refractivity contribution in [3.8, 4) is 0 Å². The van der Waals surface area contributed by atoms with Crippen LogP contribution in [0.1, 0.15) is 12.8 Å². The molecular weight excluding hydrogens is 538 g/mol. The van der Waals surface area contributed by atoms with Crippen molar-refractivity contribution in [2.45, 2.75) is 24.6 Å². The standard InChI is InChI=1S/C37H32O2P2/c1-5-15-28(16-6-1)40(29-17-7-2-8-18-29)34-25-13-23-32-36(34)37-33(39-27-38-32)24-14-26-35(37)41(30-19-9-3-10-20-30)31-21-11-4-12-22-31/h1-23,26,33-34H,24-25,27H2/t33-,34-/m0/s1. The van der Waals surface area contributed by atoms with Gasteiger partial charge in [0, 0.05) is 11.2 Å². The van der Waals surface area contributed by atoms with Crippen LogP contribution in [0.25, 0.3) is 0 Å². The molecule has 2 aliphatic carbocycles. The van der Waals surface area contributed by atoms with E-state index in [0.29, 0.717) is 0 Å². The van der Waals surface area contributed by atoms with E-state index in [-0.39, 0.29) is 18.6 Å². The first-order valence-corrected chi connectivity index (χ1v) is 17.0. The van der Waals surface area contributed by atoms with Gasteiger partial charge in [-0.3, -0.25) is 0 Å². The van der Waals surface area contributed by atoms with Gasteiger partial charge in [-0.15, -0.1) is 0 Å². The fourth-order valence-electron chi connectivity index (χ4n) is 6.13. The molecule has 0 aromatic heterocycles. The van der Waals surface area contributed by atoms with Gasteiger partial charge in [-0.25, -0.2) is 0 Å². The predicted octanol–water partition coefficient (Wildman–Crippen LogP) is 7.42. The molecule has 41 heavy (non-hydrogen) atoms. The first kappa shape index (κ1) is 26.4. The molecule has 4 heteroatoms. The topological polar surface area (TPSA) is 18.5 Å². The van der Waals surface area contributed by atoms with Crippen LogP contribution in [0, 0.1) is 0 Å². The summed E-state index contributed by atoms with van der Waals surface area (Å²) in [5, 5.41) is 6.87. The lowest BCUT2D eigenvalue weighted by Crippen LogP contribution is -2.30. The van der Waals surface area contributed by atoms with E-state index < -0.39 is 15.8 Å². The van der Waals surface area contributed by atoms with Crippen LogP contribution in [0.3, 0.4) is 0 Å². The summed E-state index contributed by atoms with van der Waals surface area (Å²) in [6.45, 7) is 0.272. The van der Waals surface area contributed by atoms with E-state index in [4.69, 9.17) is 9.47 Å². The van der Waals surface area contributed by atoms with Crippen molar-refractivity contribution in [2.24, 2.45) is 0 Å². The maximum absolute atomic E-state index is 6.50. The van der Waals surface area contributed by atoms with E-state index in [9.17, 15) is 0 Å². The smallest absolute Gasteiger partial charge is 0.189 e. The summed E-state index contributed by atoms with van der Waals surface area (Å²) in [7, 11) is -1.50. The van der Waals surface area contributed by atoms with Crippen LogP contribution >= 0.6 is 15.8 Å². The molecule has 0 unspecified atom stereocenters. The highest BCUT2D eigenvalue weighted by Gasteiger charge is 2.40. The lowest BCUT2D eigenvalue weighted by atomic mass is 9.88. The first-order chi connectivity index (χ1) is 20.4. The molecule has 2 nitrogen and oxygen atoms in total. The van der Waals surface area contributed by atoms with Gasteiger partial charge in [-0.05, 0) is 66.9 Å². The SMILES string of the molecule is C1=CC(P(c2ccccc2)c2ccccc2)=C2C3=C(C=CC[C@@H]3P(c3ccccc3)c3ccccc3)OCO[C@H]2C1. The summed E-state index contributed by atoms with van der Waals surface area (Å²) in [4.78, 5) is 0. The van der Waals surface area contributed by atoms with Gasteiger partial charge in [-0.2, -0.15) is 0 Å². The third kappa shape index (κ3) is 5.29. The average Bonchev–Trinajstić information content (AvgIpc) is 3.24. The summed E-state index contributed by atoms with van der Waals surface area (Å²) >= 11 is 0. The molecule has 0 bridgehead atoms. The summed E-state index contributed by atoms with van der Waals surface area (Å²) in [5.74, 6) is 0.974. The van der Waals surface area contributed by atoms with Crippen molar-refractivity contribution in [2.75, 3.05) is 6.79 Å². The normalized spacial score (nSPS) is 20.0. The lowest BCUT2D eigenvalue weighted by Gasteiger charge is -2.37. The Morgan fingerprint density at radius 1 is 0.537 bits per heavy atom. The van der Waals surface area contributed by atoms with Crippen molar-refractivity contribution >= 4 is 37.1 Å². The average molecular weight is 571 g/mol. The first-order valence-electron chi connectivity index (χ1n) is 14.2. The molecule has 0 spiro atoms. The maximum atomic E-state index is 6.50. The highest BCUT2D eigenvalue weighted by atomic mass is 31.1. The Bertz CT molecular complexity index is 1530. The highest BCUT2D eigenvalue weighted by Crippen LogP contribution is 2.56. The second kappa shape index (κ2) is 12.1. The Hall–Kier alpha value is -3.54. The summed E-state index contributed by atoms with van der Waals surface area (Å²) in [5.41, 5.74) is 2.96. The Kier molecular flexibility index (Phi) is 7.80. The Morgan fingerprint density at radius 2 is 1.05 bits per heavy atom. The van der Waals surface area contributed by atoms with Gasteiger partial charge in [0.2, 0.25) is 0 Å². The Balaban J connectivity index is 1.47. The quantitative estimate of drug-likeness (QED) is 0.225. The van der Waals surface area contributed by atoms with E-state index >= 15 is 0 Å². The molecule has 4 aromatic rings. The fourth-order valence-corrected chi connectivity index (χ4v) is 11.5. The third-order valence-corrected chi connectivity index (χ3v) is 13.2. The van der Waals surface area contributed by atoms with Gasteiger partial charge in [0.25, 0.3) is 0 Å². The maximum Gasteiger partial charge on any atom is 0.189 e. The van der Waals surface area contributed by atoms with E-state index in [2.05, 4.69) is 146 Å². The minimum atomic E-state index is -0.797. The van der Waals surface area contributed by atoms with E-state index in [1.807, 2.05) is 0 Å². The third-order valence-electron chi connectivity index (χ3n) is 7.87. The van der Waals surface area contributed by atoms with Gasteiger partial charge in [0.05, 0.1) is 6.10 Å². The Morgan fingerprint density at radius 3 is 1.61 bits per heavy atom. The van der Waals surface area contributed by atoms with E-state index in [0.717, 1.165) is 18.6 Å². The predicted molar refractivity (Wildman–Crippen MR) is 174 cm³/mol. The largest absolute Gasteiger partial charge is 0.467 e. The molecule has 0 N–H and O–H groups in total. The van der Waals surface area contributed by atoms with E-state index in [1.54, 1.807) is 0 Å². The number of benzene rings is 4. The van der Waals surface area contributed by atoms with Gasteiger partial charge < -0.3 is 9.47 Å². The molecule has 7 rings (SSSR count). The van der Waals surface area contributed by atoms with Crippen LogP contribution in [0.5, 0.6) is 0 Å². The Labute approximate surface area is 245 Å². The number of fused-ring (bicyclic) bond motifs is 2. The van der Waals surface area contributed by atoms with Crippen molar-refractivity contribution < 1.29 is 9.47 Å². The van der Waals surface area contributed by atoms with Crippen LogP contribution in [-0.2, 0) is 9.47 Å². The molecular formula is C37H32O2P2.